The minimum absolute atomic E-state index is 0.00449. The lowest BCUT2D eigenvalue weighted by molar-refractivity contribution is 1.07. The summed E-state index contributed by atoms with van der Waals surface area (Å²) in [6, 6.07) is 5.35. The highest BCUT2D eigenvalue weighted by Gasteiger charge is 2.13. The summed E-state index contributed by atoms with van der Waals surface area (Å²) < 4.78 is 0. The van der Waals surface area contributed by atoms with Crippen LogP contribution in [-0.4, -0.2) is 15.8 Å². The quantitative estimate of drug-likeness (QED) is 0.669. The van der Waals surface area contributed by atoms with Crippen LogP contribution in [-0.2, 0) is 0 Å². The van der Waals surface area contributed by atoms with Crippen LogP contribution < -0.4 is 5.73 Å². The van der Waals surface area contributed by atoms with Crippen molar-refractivity contribution in [1.82, 2.24) is 9.97 Å². The lowest BCUT2D eigenvalue weighted by Gasteiger charge is -2.09. The van der Waals surface area contributed by atoms with Crippen LogP contribution in [0.4, 0.5) is 0 Å². The number of nitrogen functional groups attached to an aromatic ring is 1. The van der Waals surface area contributed by atoms with Crippen LogP contribution in [0.1, 0.15) is 11.1 Å². The molecule has 0 unspecified atom stereocenters. The van der Waals surface area contributed by atoms with Crippen molar-refractivity contribution < 1.29 is 0 Å². The first-order valence-corrected chi connectivity index (χ1v) is 6.37. The number of hydrogen-bond acceptors (Lipinski definition) is 4. The van der Waals surface area contributed by atoms with E-state index in [0.29, 0.717) is 20.6 Å². The molecule has 0 aliphatic heterocycles. The van der Waals surface area contributed by atoms with Crippen LogP contribution in [0.2, 0.25) is 5.02 Å². The van der Waals surface area contributed by atoms with Gasteiger partial charge in [0.15, 0.2) is 0 Å². The monoisotopic (exact) mass is 278 g/mol. The van der Waals surface area contributed by atoms with Crippen molar-refractivity contribution in [3.63, 3.8) is 0 Å². The van der Waals surface area contributed by atoms with E-state index in [0.717, 1.165) is 5.56 Å². The molecule has 2 aromatic rings. The van der Waals surface area contributed by atoms with Crippen molar-refractivity contribution in [3.05, 3.63) is 46.7 Å². The molecule has 0 spiro atoms. The largest absolute Gasteiger partial charge is 0.384 e. The molecule has 0 saturated heterocycles. The Morgan fingerprint density at radius 3 is 2.67 bits per heavy atom. The van der Waals surface area contributed by atoms with Gasteiger partial charge in [-0.15, -0.1) is 0 Å². The highest BCUT2D eigenvalue weighted by molar-refractivity contribution is 7.99. The molecule has 0 saturated carbocycles. The summed E-state index contributed by atoms with van der Waals surface area (Å²) in [6.07, 6.45) is 3.35. The molecule has 18 heavy (non-hydrogen) atoms. The van der Waals surface area contributed by atoms with E-state index < -0.39 is 0 Å². The van der Waals surface area contributed by atoms with Gasteiger partial charge in [0.1, 0.15) is 15.9 Å². The van der Waals surface area contributed by atoms with Gasteiger partial charge < -0.3 is 5.73 Å². The molecule has 0 fully saturated rings. The van der Waals surface area contributed by atoms with Crippen molar-refractivity contribution in [2.24, 2.45) is 5.73 Å². The third kappa shape index (κ3) is 2.63. The molecule has 0 radical (unpaired) electrons. The zero-order valence-corrected chi connectivity index (χ0v) is 11.2. The van der Waals surface area contributed by atoms with E-state index in [9.17, 15) is 0 Å². The summed E-state index contributed by atoms with van der Waals surface area (Å²) in [6.45, 7) is 1.89. The van der Waals surface area contributed by atoms with Gasteiger partial charge in [-0.05, 0) is 42.4 Å². The number of hydrogen-bond donors (Lipinski definition) is 2. The van der Waals surface area contributed by atoms with Gasteiger partial charge in [-0.25, -0.2) is 9.97 Å². The zero-order chi connectivity index (χ0) is 13.1. The third-order valence-electron chi connectivity index (χ3n) is 2.31. The second kappa shape index (κ2) is 5.37. The van der Waals surface area contributed by atoms with Crippen LogP contribution >= 0.6 is 23.4 Å². The maximum absolute atomic E-state index is 7.61. The predicted molar refractivity (Wildman–Crippen MR) is 73.4 cm³/mol. The van der Waals surface area contributed by atoms with Crippen LogP contribution in [0.3, 0.4) is 0 Å². The number of halogens is 1. The number of rotatable bonds is 3. The SMILES string of the molecule is Cc1ccnc(Sc2ncccc2Cl)c1C(=N)N. The Bertz CT molecular complexity index is 600. The Morgan fingerprint density at radius 1 is 1.28 bits per heavy atom. The molecule has 2 aromatic heterocycles. The van der Waals surface area contributed by atoms with Gasteiger partial charge >= 0.3 is 0 Å². The molecular weight excluding hydrogens is 268 g/mol. The zero-order valence-electron chi connectivity index (χ0n) is 9.64. The fourth-order valence-electron chi connectivity index (χ4n) is 1.48. The van der Waals surface area contributed by atoms with Gasteiger partial charge in [-0.2, -0.15) is 0 Å². The van der Waals surface area contributed by atoms with E-state index in [4.69, 9.17) is 22.7 Å². The number of aromatic nitrogens is 2. The summed E-state index contributed by atoms with van der Waals surface area (Å²) in [7, 11) is 0. The minimum atomic E-state index is -0.00449. The van der Waals surface area contributed by atoms with Gasteiger partial charge in [-0.1, -0.05) is 11.6 Å². The number of aryl methyl sites for hydroxylation is 1. The average molecular weight is 279 g/mol. The molecule has 0 atom stereocenters. The summed E-state index contributed by atoms with van der Waals surface area (Å²) in [5, 5.41) is 9.46. The Labute approximate surface area is 114 Å². The highest BCUT2D eigenvalue weighted by atomic mass is 35.5. The van der Waals surface area contributed by atoms with Gasteiger partial charge in [-0.3, -0.25) is 5.41 Å². The number of nitrogens with one attached hydrogen (secondary N) is 1. The van der Waals surface area contributed by atoms with Crippen LogP contribution in [0, 0.1) is 12.3 Å². The molecule has 4 nitrogen and oxygen atoms in total. The third-order valence-corrected chi connectivity index (χ3v) is 3.75. The van der Waals surface area contributed by atoms with E-state index in [-0.39, 0.29) is 5.84 Å². The summed E-state index contributed by atoms with van der Waals surface area (Å²) >= 11 is 7.36. The van der Waals surface area contributed by atoms with Crippen molar-refractivity contribution in [3.8, 4) is 0 Å². The summed E-state index contributed by atoms with van der Waals surface area (Å²) in [4.78, 5) is 8.42. The molecule has 92 valence electrons. The minimum Gasteiger partial charge on any atom is -0.384 e. The maximum Gasteiger partial charge on any atom is 0.125 e. The fraction of sp³-hybridized carbons (Fsp3) is 0.0833. The fourth-order valence-corrected chi connectivity index (χ4v) is 2.66. The van der Waals surface area contributed by atoms with Crippen molar-refractivity contribution in [2.45, 2.75) is 17.0 Å². The van der Waals surface area contributed by atoms with Crippen molar-refractivity contribution in [1.29, 1.82) is 5.41 Å². The predicted octanol–water partition coefficient (Wildman–Crippen LogP) is 2.87. The lowest BCUT2D eigenvalue weighted by atomic mass is 10.1. The molecule has 0 bridgehead atoms. The first-order valence-electron chi connectivity index (χ1n) is 5.18. The van der Waals surface area contributed by atoms with Crippen molar-refractivity contribution >= 4 is 29.2 Å². The van der Waals surface area contributed by atoms with E-state index in [1.807, 2.05) is 13.0 Å². The molecular formula is C12H11ClN4S. The molecule has 0 aliphatic carbocycles. The van der Waals surface area contributed by atoms with E-state index >= 15 is 0 Å². The van der Waals surface area contributed by atoms with Gasteiger partial charge in [0.25, 0.3) is 0 Å². The van der Waals surface area contributed by atoms with Gasteiger partial charge in [0.05, 0.1) is 10.6 Å². The Kier molecular flexibility index (Phi) is 3.84. The van der Waals surface area contributed by atoms with E-state index in [1.165, 1.54) is 11.8 Å². The second-order valence-electron chi connectivity index (χ2n) is 3.61. The van der Waals surface area contributed by atoms with Gasteiger partial charge in [0, 0.05) is 12.4 Å². The highest BCUT2D eigenvalue weighted by Crippen LogP contribution is 2.32. The number of nitrogens with zero attached hydrogens (tertiary/aromatic N) is 2. The average Bonchev–Trinajstić information content (AvgIpc) is 2.31. The molecule has 2 rings (SSSR count). The van der Waals surface area contributed by atoms with Crippen LogP contribution in [0.5, 0.6) is 0 Å². The second-order valence-corrected chi connectivity index (χ2v) is 5.00. The molecule has 3 N–H and O–H groups in total. The summed E-state index contributed by atoms with van der Waals surface area (Å²) in [5.41, 5.74) is 7.12. The maximum atomic E-state index is 7.61. The summed E-state index contributed by atoms with van der Waals surface area (Å²) in [5.74, 6) is -0.00449. The van der Waals surface area contributed by atoms with E-state index in [1.54, 1.807) is 24.5 Å². The van der Waals surface area contributed by atoms with Crippen LogP contribution in [0.25, 0.3) is 0 Å². The lowest BCUT2D eigenvalue weighted by Crippen LogP contribution is -2.14. The van der Waals surface area contributed by atoms with Crippen LogP contribution in [0.15, 0.2) is 40.6 Å². The number of amidine groups is 1. The Balaban J connectivity index is 2.44. The molecule has 0 aromatic carbocycles. The molecule has 6 heteroatoms. The number of pyridine rings is 2. The van der Waals surface area contributed by atoms with Gasteiger partial charge in [0.2, 0.25) is 0 Å². The standard InChI is InChI=1S/C12H11ClN4S/c1-7-4-6-17-12(9(7)10(14)15)18-11-8(13)3-2-5-16-11/h2-6H,1H3,(H3,14,15). The first-order chi connectivity index (χ1) is 8.59. The Morgan fingerprint density at radius 2 is 2.00 bits per heavy atom. The smallest absolute Gasteiger partial charge is 0.125 e. The van der Waals surface area contributed by atoms with E-state index in [2.05, 4.69) is 9.97 Å². The first kappa shape index (κ1) is 12.9. The topological polar surface area (TPSA) is 75.7 Å². The van der Waals surface area contributed by atoms with Crippen molar-refractivity contribution in [2.75, 3.05) is 0 Å². The normalized spacial score (nSPS) is 10.3. The Hall–Kier alpha value is -1.59. The number of nitrogens with two attached hydrogens (primary N) is 1. The molecule has 0 amide bonds. The molecule has 2 heterocycles. The molecule has 0 aliphatic rings.